The topological polar surface area (TPSA) is 40.0 Å². The predicted octanol–water partition coefficient (Wildman–Crippen LogP) is 4.22. The fourth-order valence-electron chi connectivity index (χ4n) is 2.02. The first-order valence-corrected chi connectivity index (χ1v) is 7.00. The number of rotatable bonds is 4. The highest BCUT2D eigenvalue weighted by Gasteiger charge is 2.12. The van der Waals surface area contributed by atoms with E-state index in [1.165, 1.54) is 0 Å². The second kappa shape index (κ2) is 6.06. The van der Waals surface area contributed by atoms with E-state index in [-0.39, 0.29) is 6.79 Å². The molecule has 0 atom stereocenters. The van der Waals surface area contributed by atoms with Crippen LogP contribution in [0.4, 0.5) is 5.69 Å². The van der Waals surface area contributed by atoms with Crippen LogP contribution in [0, 0.1) is 0 Å². The quantitative estimate of drug-likeness (QED) is 0.794. The van der Waals surface area contributed by atoms with Crippen molar-refractivity contribution in [2.24, 2.45) is 4.99 Å². The van der Waals surface area contributed by atoms with Gasteiger partial charge < -0.3 is 14.2 Å². The lowest BCUT2D eigenvalue weighted by molar-refractivity contribution is 0.174. The van der Waals surface area contributed by atoms with Crippen LogP contribution in [-0.2, 0) is 0 Å². The molecule has 0 fully saturated rings. The average molecular weight is 304 g/mol. The van der Waals surface area contributed by atoms with Crippen LogP contribution in [-0.4, -0.2) is 19.6 Å². The van der Waals surface area contributed by atoms with Gasteiger partial charge in [0.15, 0.2) is 11.5 Å². The molecule has 0 spiro atoms. The highest BCUT2D eigenvalue weighted by atomic mass is 35.5. The van der Waals surface area contributed by atoms with Gasteiger partial charge in [-0.05, 0) is 37.3 Å². The van der Waals surface area contributed by atoms with Gasteiger partial charge in [0.2, 0.25) is 6.79 Å². The maximum absolute atomic E-state index is 6.02. The van der Waals surface area contributed by atoms with Crippen LogP contribution in [0.2, 0.25) is 5.02 Å². The number of fused-ring (bicyclic) bond motifs is 1. The molecule has 0 aliphatic carbocycles. The van der Waals surface area contributed by atoms with E-state index in [1.807, 2.05) is 37.3 Å². The van der Waals surface area contributed by atoms with Gasteiger partial charge >= 0.3 is 0 Å². The molecule has 0 saturated carbocycles. The van der Waals surface area contributed by atoms with Crippen molar-refractivity contribution in [2.45, 2.75) is 6.92 Å². The van der Waals surface area contributed by atoms with Crippen molar-refractivity contribution in [3.63, 3.8) is 0 Å². The van der Waals surface area contributed by atoms with Crippen LogP contribution >= 0.6 is 11.6 Å². The summed E-state index contributed by atoms with van der Waals surface area (Å²) < 4.78 is 16.2. The van der Waals surface area contributed by atoms with E-state index in [4.69, 9.17) is 25.8 Å². The van der Waals surface area contributed by atoms with Crippen LogP contribution in [0.5, 0.6) is 17.2 Å². The Morgan fingerprint density at radius 1 is 1.19 bits per heavy atom. The molecule has 1 heterocycles. The standard InChI is InChI=1S/C16H14ClNO3/c1-2-19-14-5-3-12(17)7-11(14)9-18-13-4-6-15-16(8-13)21-10-20-15/h3-9H,2,10H2,1H3. The fourth-order valence-corrected chi connectivity index (χ4v) is 2.20. The second-order valence-corrected chi connectivity index (χ2v) is 4.85. The van der Waals surface area contributed by atoms with Crippen molar-refractivity contribution in [1.29, 1.82) is 0 Å². The number of ether oxygens (including phenoxy) is 3. The SMILES string of the molecule is CCOc1ccc(Cl)cc1C=Nc1ccc2c(c1)OCO2. The smallest absolute Gasteiger partial charge is 0.231 e. The summed E-state index contributed by atoms with van der Waals surface area (Å²) in [5.41, 5.74) is 1.61. The molecule has 0 aromatic heterocycles. The molecule has 21 heavy (non-hydrogen) atoms. The summed E-state index contributed by atoms with van der Waals surface area (Å²) in [6.45, 7) is 2.78. The normalized spacial score (nSPS) is 12.9. The Labute approximate surface area is 127 Å². The minimum Gasteiger partial charge on any atom is -0.493 e. The van der Waals surface area contributed by atoms with Crippen LogP contribution in [0.25, 0.3) is 0 Å². The maximum atomic E-state index is 6.02. The van der Waals surface area contributed by atoms with E-state index in [0.29, 0.717) is 17.4 Å². The number of benzene rings is 2. The van der Waals surface area contributed by atoms with E-state index in [0.717, 1.165) is 22.7 Å². The monoisotopic (exact) mass is 303 g/mol. The number of nitrogens with zero attached hydrogens (tertiary/aromatic N) is 1. The Morgan fingerprint density at radius 3 is 2.90 bits per heavy atom. The molecule has 0 N–H and O–H groups in total. The number of halogens is 1. The van der Waals surface area contributed by atoms with Crippen LogP contribution < -0.4 is 14.2 Å². The first kappa shape index (κ1) is 13.8. The van der Waals surface area contributed by atoms with Crippen molar-refractivity contribution in [2.75, 3.05) is 13.4 Å². The third-order valence-corrected chi connectivity index (χ3v) is 3.22. The van der Waals surface area contributed by atoms with Gasteiger partial charge in [-0.3, -0.25) is 4.99 Å². The molecule has 5 heteroatoms. The van der Waals surface area contributed by atoms with Crippen LogP contribution in [0.3, 0.4) is 0 Å². The molecule has 0 bridgehead atoms. The predicted molar refractivity (Wildman–Crippen MR) is 82.4 cm³/mol. The minimum atomic E-state index is 0.255. The van der Waals surface area contributed by atoms with Crippen molar-refractivity contribution < 1.29 is 14.2 Å². The molecule has 3 rings (SSSR count). The number of hydrogen-bond acceptors (Lipinski definition) is 4. The van der Waals surface area contributed by atoms with E-state index in [1.54, 1.807) is 12.3 Å². The van der Waals surface area contributed by atoms with E-state index < -0.39 is 0 Å². The average Bonchev–Trinajstić information content (AvgIpc) is 2.95. The summed E-state index contributed by atoms with van der Waals surface area (Å²) in [6, 6.07) is 11.0. The third kappa shape index (κ3) is 3.11. The number of hydrogen-bond donors (Lipinski definition) is 0. The van der Waals surface area contributed by atoms with Crippen molar-refractivity contribution in [3.8, 4) is 17.2 Å². The second-order valence-electron chi connectivity index (χ2n) is 4.41. The van der Waals surface area contributed by atoms with Gasteiger partial charge in [0.25, 0.3) is 0 Å². The Morgan fingerprint density at radius 2 is 2.05 bits per heavy atom. The first-order valence-electron chi connectivity index (χ1n) is 6.62. The Bertz CT molecular complexity index is 685. The van der Waals surface area contributed by atoms with Gasteiger partial charge in [-0.15, -0.1) is 0 Å². The summed E-state index contributed by atoms with van der Waals surface area (Å²) in [7, 11) is 0. The molecule has 0 radical (unpaired) electrons. The maximum Gasteiger partial charge on any atom is 0.231 e. The molecule has 2 aromatic rings. The highest BCUT2D eigenvalue weighted by molar-refractivity contribution is 6.30. The zero-order chi connectivity index (χ0) is 14.7. The molecule has 1 aliphatic rings. The summed E-state index contributed by atoms with van der Waals surface area (Å²) in [4.78, 5) is 4.44. The zero-order valence-electron chi connectivity index (χ0n) is 11.5. The van der Waals surface area contributed by atoms with Crippen molar-refractivity contribution in [1.82, 2.24) is 0 Å². The lowest BCUT2D eigenvalue weighted by atomic mass is 10.2. The number of aliphatic imine (C=N–C) groups is 1. The Hall–Kier alpha value is -2.20. The summed E-state index contributed by atoms with van der Waals surface area (Å²) in [6.07, 6.45) is 1.73. The van der Waals surface area contributed by atoms with Crippen molar-refractivity contribution in [3.05, 3.63) is 47.0 Å². The molecular weight excluding hydrogens is 290 g/mol. The van der Waals surface area contributed by atoms with Crippen LogP contribution in [0.1, 0.15) is 12.5 Å². The van der Waals surface area contributed by atoms with Gasteiger partial charge in [0.1, 0.15) is 5.75 Å². The summed E-state index contributed by atoms with van der Waals surface area (Å²) in [5, 5.41) is 0.644. The summed E-state index contributed by atoms with van der Waals surface area (Å²) in [5.74, 6) is 2.21. The van der Waals surface area contributed by atoms with E-state index in [2.05, 4.69) is 4.99 Å². The minimum absolute atomic E-state index is 0.255. The molecule has 0 amide bonds. The Kier molecular flexibility index (Phi) is 3.97. The highest BCUT2D eigenvalue weighted by Crippen LogP contribution is 2.35. The lowest BCUT2D eigenvalue weighted by Gasteiger charge is -2.07. The van der Waals surface area contributed by atoms with Gasteiger partial charge in [-0.2, -0.15) is 0 Å². The van der Waals surface area contributed by atoms with E-state index in [9.17, 15) is 0 Å². The fraction of sp³-hybridized carbons (Fsp3) is 0.188. The van der Waals surface area contributed by atoms with Gasteiger partial charge in [0.05, 0.1) is 12.3 Å². The zero-order valence-corrected chi connectivity index (χ0v) is 12.3. The molecule has 0 saturated heterocycles. The largest absolute Gasteiger partial charge is 0.493 e. The molecule has 0 unspecified atom stereocenters. The van der Waals surface area contributed by atoms with Crippen molar-refractivity contribution >= 4 is 23.5 Å². The summed E-state index contributed by atoms with van der Waals surface area (Å²) >= 11 is 6.02. The molecule has 108 valence electrons. The Balaban J connectivity index is 1.87. The molecular formula is C16H14ClNO3. The van der Waals surface area contributed by atoms with Gasteiger partial charge in [-0.25, -0.2) is 0 Å². The third-order valence-electron chi connectivity index (χ3n) is 2.98. The van der Waals surface area contributed by atoms with Gasteiger partial charge in [0, 0.05) is 22.9 Å². The molecule has 4 nitrogen and oxygen atoms in total. The van der Waals surface area contributed by atoms with Crippen LogP contribution in [0.15, 0.2) is 41.4 Å². The lowest BCUT2D eigenvalue weighted by Crippen LogP contribution is -1.95. The molecule has 1 aliphatic heterocycles. The van der Waals surface area contributed by atoms with Gasteiger partial charge in [-0.1, -0.05) is 11.6 Å². The molecule has 2 aromatic carbocycles. The van der Waals surface area contributed by atoms with E-state index >= 15 is 0 Å². The first-order chi connectivity index (χ1) is 10.3.